The summed E-state index contributed by atoms with van der Waals surface area (Å²) in [5.41, 5.74) is 0. The summed E-state index contributed by atoms with van der Waals surface area (Å²) in [5.74, 6) is 2.06. The van der Waals surface area contributed by atoms with Gasteiger partial charge in [-0.2, -0.15) is 29.2 Å². The predicted octanol–water partition coefficient (Wildman–Crippen LogP) is 0.894. The Morgan fingerprint density at radius 1 is 1.39 bits per heavy atom. The van der Waals surface area contributed by atoms with Gasteiger partial charge in [0.1, 0.15) is 0 Å². The van der Waals surface area contributed by atoms with Crippen LogP contribution in [0.1, 0.15) is 26.7 Å². The lowest BCUT2D eigenvalue weighted by Crippen LogP contribution is -2.43. The van der Waals surface area contributed by atoms with Gasteiger partial charge in [0.05, 0.1) is 0 Å². The van der Waals surface area contributed by atoms with Gasteiger partial charge in [-0.3, -0.25) is 0 Å². The predicted molar refractivity (Wildman–Crippen MR) is 80.3 cm³/mol. The van der Waals surface area contributed by atoms with Crippen molar-refractivity contribution in [2.24, 2.45) is 0 Å². The normalized spacial score (nSPS) is 14.1. The molecule has 0 aliphatic heterocycles. The van der Waals surface area contributed by atoms with Gasteiger partial charge in [0.2, 0.25) is 0 Å². The van der Waals surface area contributed by atoms with Crippen LogP contribution in [-0.2, 0) is 10.2 Å². The molecule has 0 heterocycles. The van der Waals surface area contributed by atoms with Gasteiger partial charge in [-0.1, -0.05) is 6.92 Å². The van der Waals surface area contributed by atoms with Gasteiger partial charge in [-0.25, -0.2) is 0 Å². The van der Waals surface area contributed by atoms with Gasteiger partial charge in [-0.15, -0.1) is 0 Å². The highest BCUT2D eigenvalue weighted by Crippen LogP contribution is 2.05. The van der Waals surface area contributed by atoms with E-state index in [2.05, 4.69) is 17.0 Å². The van der Waals surface area contributed by atoms with Gasteiger partial charge >= 0.3 is 0 Å². The monoisotopic (exact) mass is 297 g/mol. The lowest BCUT2D eigenvalue weighted by molar-refractivity contribution is 0.439. The Balaban J connectivity index is 4.03. The van der Waals surface area contributed by atoms with Crippen molar-refractivity contribution >= 4 is 22.0 Å². The second-order valence-electron chi connectivity index (χ2n) is 4.29. The molecule has 0 spiro atoms. The third kappa shape index (κ3) is 8.31. The van der Waals surface area contributed by atoms with E-state index in [1.165, 1.54) is 4.31 Å². The molecule has 0 radical (unpaired) electrons. The van der Waals surface area contributed by atoms with Crippen molar-refractivity contribution in [2.75, 3.05) is 38.7 Å². The van der Waals surface area contributed by atoms with Crippen LogP contribution < -0.4 is 10.0 Å². The first-order valence-corrected chi connectivity index (χ1v) is 8.99. The summed E-state index contributed by atoms with van der Waals surface area (Å²) in [7, 11) is 0.147. The molecule has 5 nitrogen and oxygen atoms in total. The molecular formula is C11H27N3O2S2. The molecule has 0 aromatic carbocycles. The van der Waals surface area contributed by atoms with Crippen LogP contribution in [0.4, 0.5) is 0 Å². The van der Waals surface area contributed by atoms with Crippen LogP contribution in [0.15, 0.2) is 0 Å². The largest absolute Gasteiger partial charge is 0.320 e. The van der Waals surface area contributed by atoms with Gasteiger partial charge < -0.3 is 5.32 Å². The Morgan fingerprint density at radius 2 is 2.06 bits per heavy atom. The fourth-order valence-corrected chi connectivity index (χ4v) is 3.39. The Morgan fingerprint density at radius 3 is 2.61 bits per heavy atom. The second kappa shape index (κ2) is 10.0. The molecule has 0 amide bonds. The van der Waals surface area contributed by atoms with E-state index in [4.69, 9.17) is 0 Å². The number of thioether (sulfide) groups is 1. The van der Waals surface area contributed by atoms with E-state index in [0.29, 0.717) is 6.54 Å². The molecule has 0 aliphatic rings. The average Bonchev–Trinajstić information content (AvgIpc) is 2.28. The molecule has 0 bridgehead atoms. The van der Waals surface area contributed by atoms with Gasteiger partial charge in [-0.05, 0) is 44.9 Å². The van der Waals surface area contributed by atoms with Crippen molar-refractivity contribution in [2.45, 2.75) is 32.7 Å². The molecule has 0 rings (SSSR count). The number of rotatable bonds is 11. The van der Waals surface area contributed by atoms with E-state index in [9.17, 15) is 8.42 Å². The number of nitrogens with zero attached hydrogens (tertiary/aromatic N) is 1. The Bertz CT molecular complexity index is 297. The molecule has 7 heteroatoms. The van der Waals surface area contributed by atoms with Crippen LogP contribution in [0.2, 0.25) is 0 Å². The molecule has 2 N–H and O–H groups in total. The smallest absolute Gasteiger partial charge is 0.279 e. The molecule has 0 aromatic heterocycles. The summed E-state index contributed by atoms with van der Waals surface area (Å²) in [6, 6.07) is -0.0131. The van der Waals surface area contributed by atoms with E-state index in [-0.39, 0.29) is 6.04 Å². The van der Waals surface area contributed by atoms with Gasteiger partial charge in [0.25, 0.3) is 10.2 Å². The molecule has 110 valence electrons. The zero-order valence-electron chi connectivity index (χ0n) is 11.9. The summed E-state index contributed by atoms with van der Waals surface area (Å²) < 4.78 is 28.0. The Kier molecular flexibility index (Phi) is 10.1. The quantitative estimate of drug-likeness (QED) is 0.556. The third-order valence-electron chi connectivity index (χ3n) is 2.56. The first-order valence-electron chi connectivity index (χ1n) is 6.40. The molecular weight excluding hydrogens is 270 g/mol. The lowest BCUT2D eigenvalue weighted by atomic mass is 10.3. The van der Waals surface area contributed by atoms with E-state index >= 15 is 0 Å². The van der Waals surface area contributed by atoms with E-state index in [1.807, 2.05) is 25.7 Å². The van der Waals surface area contributed by atoms with E-state index in [1.54, 1.807) is 7.05 Å². The fraction of sp³-hybridized carbons (Fsp3) is 1.00. The number of hydrogen-bond donors (Lipinski definition) is 2. The van der Waals surface area contributed by atoms with Crippen LogP contribution >= 0.6 is 11.8 Å². The zero-order chi connectivity index (χ0) is 14.0. The standard InChI is InChI=1S/C11H27N3O2S2/c1-5-17-10-7-11(2)13-18(15,16)14(4)9-6-8-12-3/h11-13H,5-10H2,1-4H3. The summed E-state index contributed by atoms with van der Waals surface area (Å²) in [6.45, 7) is 5.37. The van der Waals surface area contributed by atoms with E-state index < -0.39 is 10.2 Å². The fourth-order valence-electron chi connectivity index (χ4n) is 1.41. The third-order valence-corrected chi connectivity index (χ3v) is 5.20. The summed E-state index contributed by atoms with van der Waals surface area (Å²) in [4.78, 5) is 0. The van der Waals surface area contributed by atoms with Gasteiger partial charge in [0.15, 0.2) is 0 Å². The van der Waals surface area contributed by atoms with Crippen LogP contribution in [-0.4, -0.2) is 57.5 Å². The molecule has 0 aliphatic carbocycles. The highest BCUT2D eigenvalue weighted by atomic mass is 32.2. The lowest BCUT2D eigenvalue weighted by Gasteiger charge is -2.21. The van der Waals surface area contributed by atoms with Crippen LogP contribution in [0.5, 0.6) is 0 Å². The molecule has 0 fully saturated rings. The SMILES string of the molecule is CCSCCC(C)NS(=O)(=O)N(C)CCCNC. The number of nitrogens with one attached hydrogen (secondary N) is 2. The maximum absolute atomic E-state index is 12.0. The summed E-state index contributed by atoms with van der Waals surface area (Å²) in [5, 5.41) is 3.00. The topological polar surface area (TPSA) is 61.4 Å². The van der Waals surface area contributed by atoms with Crippen molar-refractivity contribution in [3.05, 3.63) is 0 Å². The molecule has 18 heavy (non-hydrogen) atoms. The van der Waals surface area contributed by atoms with Crippen molar-refractivity contribution in [1.29, 1.82) is 0 Å². The van der Waals surface area contributed by atoms with Crippen molar-refractivity contribution in [3.8, 4) is 0 Å². The number of hydrogen-bond acceptors (Lipinski definition) is 4. The van der Waals surface area contributed by atoms with Crippen molar-refractivity contribution in [3.63, 3.8) is 0 Å². The maximum Gasteiger partial charge on any atom is 0.279 e. The summed E-state index contributed by atoms with van der Waals surface area (Å²) in [6.07, 6.45) is 1.68. The average molecular weight is 297 g/mol. The minimum absolute atomic E-state index is 0.0131. The first kappa shape index (κ1) is 18.2. The highest BCUT2D eigenvalue weighted by molar-refractivity contribution is 7.99. The maximum atomic E-state index is 12.0. The second-order valence-corrected chi connectivity index (χ2v) is 7.49. The molecule has 0 saturated heterocycles. The molecule has 1 unspecified atom stereocenters. The van der Waals surface area contributed by atoms with E-state index in [0.717, 1.165) is 30.9 Å². The zero-order valence-corrected chi connectivity index (χ0v) is 13.5. The van der Waals surface area contributed by atoms with Crippen molar-refractivity contribution in [1.82, 2.24) is 14.3 Å². The highest BCUT2D eigenvalue weighted by Gasteiger charge is 2.19. The van der Waals surface area contributed by atoms with Gasteiger partial charge in [0, 0.05) is 19.6 Å². The van der Waals surface area contributed by atoms with Crippen LogP contribution in [0.3, 0.4) is 0 Å². The minimum atomic E-state index is -3.33. The first-order chi connectivity index (χ1) is 8.44. The summed E-state index contributed by atoms with van der Waals surface area (Å²) >= 11 is 1.83. The molecule has 1 atom stereocenters. The van der Waals surface area contributed by atoms with Crippen molar-refractivity contribution < 1.29 is 8.42 Å². The Labute approximate surface area is 116 Å². The van der Waals surface area contributed by atoms with Crippen LogP contribution in [0.25, 0.3) is 0 Å². The minimum Gasteiger partial charge on any atom is -0.320 e. The van der Waals surface area contributed by atoms with Crippen LogP contribution in [0, 0.1) is 0 Å². The molecule has 0 aromatic rings. The molecule has 0 saturated carbocycles. The Hall–Kier alpha value is 0.180.